The quantitative estimate of drug-likeness (QED) is 0.382. The maximum Gasteiger partial charge on any atom is 0.408 e. The van der Waals surface area contributed by atoms with Crippen molar-refractivity contribution in [1.82, 2.24) is 30.8 Å². The third-order valence-corrected chi connectivity index (χ3v) is 5.04. The molecule has 0 radical (unpaired) electrons. The number of hydrogen-bond donors (Lipinski definition) is 2. The first-order chi connectivity index (χ1) is 18.0. The van der Waals surface area contributed by atoms with E-state index >= 15 is 0 Å². The molecule has 1 unspecified atom stereocenters. The van der Waals surface area contributed by atoms with Crippen LogP contribution in [0, 0.1) is 0 Å². The Hall–Kier alpha value is -4.61. The topological polar surface area (TPSA) is 154 Å². The van der Waals surface area contributed by atoms with Gasteiger partial charge in [0.15, 0.2) is 5.78 Å². The Balaban J connectivity index is 1.70. The summed E-state index contributed by atoms with van der Waals surface area (Å²) < 4.78 is 10.5. The zero-order chi connectivity index (χ0) is 27.7. The summed E-state index contributed by atoms with van der Waals surface area (Å²) in [6.45, 7) is 4.70. The number of amides is 2. The second kappa shape index (κ2) is 12.6. The summed E-state index contributed by atoms with van der Waals surface area (Å²) in [6.07, 6.45) is -1.28. The van der Waals surface area contributed by atoms with Gasteiger partial charge in [-0.2, -0.15) is 4.80 Å². The van der Waals surface area contributed by atoms with Crippen molar-refractivity contribution in [1.29, 1.82) is 0 Å². The first-order valence-electron chi connectivity index (χ1n) is 11.9. The summed E-state index contributed by atoms with van der Waals surface area (Å²) in [5, 5.41) is 17.0. The van der Waals surface area contributed by atoms with Crippen molar-refractivity contribution in [3.05, 3.63) is 65.7 Å². The number of carbonyl (C=O) groups is 4. The van der Waals surface area contributed by atoms with Crippen molar-refractivity contribution in [2.75, 3.05) is 7.05 Å². The molecule has 0 fully saturated rings. The van der Waals surface area contributed by atoms with Gasteiger partial charge in [0.1, 0.15) is 24.8 Å². The van der Waals surface area contributed by atoms with Crippen LogP contribution in [0.1, 0.15) is 43.1 Å². The third kappa shape index (κ3) is 8.50. The highest BCUT2D eigenvalue weighted by Gasteiger charge is 2.28. The average molecular weight is 523 g/mol. The van der Waals surface area contributed by atoms with Crippen LogP contribution in [0.15, 0.2) is 54.6 Å². The number of benzene rings is 2. The molecule has 1 heterocycles. The van der Waals surface area contributed by atoms with E-state index < -0.39 is 35.9 Å². The number of nitrogens with zero attached hydrogens (tertiary/aromatic N) is 4. The molecule has 3 rings (SSSR count). The highest BCUT2D eigenvalue weighted by molar-refractivity contribution is 5.95. The minimum Gasteiger partial charge on any atom is -0.460 e. The van der Waals surface area contributed by atoms with E-state index in [-0.39, 0.29) is 24.9 Å². The first kappa shape index (κ1) is 28.0. The van der Waals surface area contributed by atoms with Crippen molar-refractivity contribution >= 4 is 23.8 Å². The van der Waals surface area contributed by atoms with Crippen LogP contribution in [0.2, 0.25) is 0 Å². The fourth-order valence-electron chi connectivity index (χ4n) is 3.32. The second-order valence-electron chi connectivity index (χ2n) is 9.32. The van der Waals surface area contributed by atoms with Crippen LogP contribution in [-0.4, -0.2) is 62.7 Å². The van der Waals surface area contributed by atoms with Gasteiger partial charge in [-0.25, -0.2) is 4.79 Å². The molecule has 2 aromatic carbocycles. The van der Waals surface area contributed by atoms with Crippen molar-refractivity contribution < 1.29 is 28.7 Å². The first-order valence-corrected chi connectivity index (χ1v) is 11.9. The van der Waals surface area contributed by atoms with E-state index in [1.165, 1.54) is 7.05 Å². The molecule has 0 aliphatic rings. The molecule has 12 nitrogen and oxygen atoms in total. The standard InChI is InChI=1S/C26H30N6O6/c1-26(2,3)38-22(34)14-20(28-25(36)37-16-17-9-6-5-7-10-17)21(33)15-32-30-23(29-31-32)18-11-8-12-19(13-18)24(35)27-4/h5-13,20H,14-16H2,1-4H3,(H,27,35)(H,28,36). The number of aromatic nitrogens is 4. The smallest absolute Gasteiger partial charge is 0.408 e. The summed E-state index contributed by atoms with van der Waals surface area (Å²) >= 11 is 0. The molecule has 38 heavy (non-hydrogen) atoms. The fourth-order valence-corrected chi connectivity index (χ4v) is 3.32. The van der Waals surface area contributed by atoms with Crippen molar-refractivity contribution in [3.63, 3.8) is 0 Å². The van der Waals surface area contributed by atoms with Gasteiger partial charge in [-0.1, -0.05) is 42.5 Å². The molecular formula is C26H30N6O6. The van der Waals surface area contributed by atoms with Crippen molar-refractivity contribution in [2.45, 2.75) is 52.0 Å². The van der Waals surface area contributed by atoms with Gasteiger partial charge in [-0.3, -0.25) is 14.4 Å². The van der Waals surface area contributed by atoms with Crippen molar-refractivity contribution in [3.8, 4) is 11.4 Å². The molecule has 3 aromatic rings. The lowest BCUT2D eigenvalue weighted by Crippen LogP contribution is -2.45. The SMILES string of the molecule is CNC(=O)c1cccc(-c2nnn(CC(=O)C(CC(=O)OC(C)(C)C)NC(=O)OCc3ccccc3)n2)c1. The van der Waals surface area contributed by atoms with Crippen LogP contribution in [0.25, 0.3) is 11.4 Å². The Kier molecular flexibility index (Phi) is 9.25. The van der Waals surface area contributed by atoms with E-state index in [0.29, 0.717) is 11.1 Å². The number of carbonyl (C=O) groups excluding carboxylic acids is 4. The minimum atomic E-state index is -1.25. The van der Waals surface area contributed by atoms with E-state index in [0.717, 1.165) is 10.4 Å². The molecule has 0 aliphatic heterocycles. The van der Waals surface area contributed by atoms with Gasteiger partial charge in [0.2, 0.25) is 5.82 Å². The molecule has 0 spiro atoms. The lowest BCUT2D eigenvalue weighted by Gasteiger charge is -2.22. The van der Waals surface area contributed by atoms with E-state index in [1.807, 2.05) is 6.07 Å². The highest BCUT2D eigenvalue weighted by atomic mass is 16.6. The van der Waals surface area contributed by atoms with Crippen LogP contribution >= 0.6 is 0 Å². The van der Waals surface area contributed by atoms with Crippen LogP contribution in [0.3, 0.4) is 0 Å². The van der Waals surface area contributed by atoms with Crippen LogP contribution in [-0.2, 0) is 32.2 Å². The molecule has 0 saturated carbocycles. The Morgan fingerprint density at radius 3 is 2.45 bits per heavy atom. The molecule has 0 aliphatic carbocycles. The van der Waals surface area contributed by atoms with Gasteiger partial charge < -0.3 is 20.1 Å². The molecule has 200 valence electrons. The zero-order valence-corrected chi connectivity index (χ0v) is 21.6. The summed E-state index contributed by atoms with van der Waals surface area (Å²) in [7, 11) is 1.52. The van der Waals surface area contributed by atoms with Gasteiger partial charge in [0.05, 0.1) is 6.42 Å². The Morgan fingerprint density at radius 1 is 1.03 bits per heavy atom. The number of nitrogens with one attached hydrogen (secondary N) is 2. The molecule has 0 bridgehead atoms. The van der Waals surface area contributed by atoms with Crippen LogP contribution in [0.4, 0.5) is 4.79 Å². The highest BCUT2D eigenvalue weighted by Crippen LogP contribution is 2.16. The Labute approximate surface area is 219 Å². The molecule has 2 amide bonds. The number of ketones is 1. The fraction of sp³-hybridized carbons (Fsp3) is 0.346. The number of rotatable bonds is 10. The number of ether oxygens (including phenoxy) is 2. The maximum atomic E-state index is 13.1. The molecule has 1 atom stereocenters. The summed E-state index contributed by atoms with van der Waals surface area (Å²) in [4.78, 5) is 50.9. The molecular weight excluding hydrogens is 492 g/mol. The van der Waals surface area contributed by atoms with Gasteiger partial charge in [-0.05, 0) is 43.7 Å². The molecule has 1 aromatic heterocycles. The predicted octanol–water partition coefficient (Wildman–Crippen LogP) is 2.30. The lowest BCUT2D eigenvalue weighted by atomic mass is 10.1. The van der Waals surface area contributed by atoms with Gasteiger partial charge >= 0.3 is 12.1 Å². The number of hydrogen-bond acceptors (Lipinski definition) is 9. The van der Waals surface area contributed by atoms with Gasteiger partial charge in [0.25, 0.3) is 5.91 Å². The van der Waals surface area contributed by atoms with Crippen molar-refractivity contribution in [2.24, 2.45) is 0 Å². The number of tetrazole rings is 1. The van der Waals surface area contributed by atoms with Crippen LogP contribution < -0.4 is 10.6 Å². The largest absolute Gasteiger partial charge is 0.460 e. The van der Waals surface area contributed by atoms with E-state index in [1.54, 1.807) is 69.3 Å². The Bertz CT molecular complexity index is 1280. The average Bonchev–Trinajstić information content (AvgIpc) is 3.34. The summed E-state index contributed by atoms with van der Waals surface area (Å²) in [5.74, 6) is -1.31. The molecule has 2 N–H and O–H groups in total. The lowest BCUT2D eigenvalue weighted by molar-refractivity contribution is -0.156. The Morgan fingerprint density at radius 2 is 1.76 bits per heavy atom. The monoisotopic (exact) mass is 522 g/mol. The second-order valence-corrected chi connectivity index (χ2v) is 9.32. The number of esters is 1. The van der Waals surface area contributed by atoms with E-state index in [9.17, 15) is 19.2 Å². The summed E-state index contributed by atoms with van der Waals surface area (Å²) in [5.41, 5.74) is 0.924. The summed E-state index contributed by atoms with van der Waals surface area (Å²) in [6, 6.07) is 14.4. The van der Waals surface area contributed by atoms with E-state index in [2.05, 4.69) is 26.0 Å². The zero-order valence-electron chi connectivity index (χ0n) is 21.6. The molecule has 12 heteroatoms. The third-order valence-electron chi connectivity index (χ3n) is 5.04. The van der Waals surface area contributed by atoms with E-state index in [4.69, 9.17) is 9.47 Å². The maximum absolute atomic E-state index is 13.1. The number of alkyl carbamates (subject to hydrolysis) is 1. The molecule has 0 saturated heterocycles. The van der Waals surface area contributed by atoms with Crippen LogP contribution in [0.5, 0.6) is 0 Å². The van der Waals surface area contributed by atoms with Gasteiger partial charge in [-0.15, -0.1) is 10.2 Å². The number of Topliss-reactive ketones (excluding diaryl/α,β-unsaturated/α-hetero) is 1. The normalized spacial score (nSPS) is 11.8. The predicted molar refractivity (Wildman–Crippen MR) is 136 cm³/mol. The minimum absolute atomic E-state index is 0.0108. The van der Waals surface area contributed by atoms with Gasteiger partial charge in [0, 0.05) is 18.2 Å².